The third-order valence-corrected chi connectivity index (χ3v) is 6.53. The molecule has 1 saturated heterocycles. The maximum absolute atomic E-state index is 14.4. The minimum atomic E-state index is -0.739. The number of hydrogen-bond donors (Lipinski definition) is 3. The number of aryl methyl sites for hydroxylation is 1. The lowest BCUT2D eigenvalue weighted by Gasteiger charge is -2.26. The fourth-order valence-electron chi connectivity index (χ4n) is 4.28. The average molecular weight is 562 g/mol. The van der Waals surface area contributed by atoms with E-state index in [1.165, 1.54) is 6.07 Å². The van der Waals surface area contributed by atoms with Crippen molar-refractivity contribution in [2.24, 2.45) is 5.41 Å². The van der Waals surface area contributed by atoms with E-state index in [1.54, 1.807) is 19.2 Å². The largest absolute Gasteiger partial charge is 0.375 e. The van der Waals surface area contributed by atoms with Crippen LogP contribution in [0.5, 0.6) is 0 Å². The van der Waals surface area contributed by atoms with E-state index in [0.29, 0.717) is 29.9 Å². The molecule has 0 unspecified atom stereocenters. The molecule has 8 heteroatoms. The Balaban J connectivity index is 0. The van der Waals surface area contributed by atoms with E-state index in [1.807, 2.05) is 40.7 Å². The first-order valence-electron chi connectivity index (χ1n) is 14.8. The normalized spacial score (nSPS) is 14.2. The molecule has 0 bridgehead atoms. The van der Waals surface area contributed by atoms with Crippen LogP contribution in [0.3, 0.4) is 0 Å². The predicted octanol–water partition coefficient (Wildman–Crippen LogP) is 7.56. The van der Waals surface area contributed by atoms with E-state index >= 15 is 0 Å². The molecule has 0 spiro atoms. The summed E-state index contributed by atoms with van der Waals surface area (Å²) in [5, 5.41) is 5.88. The molecule has 3 N–H and O–H groups in total. The van der Waals surface area contributed by atoms with Gasteiger partial charge in [0, 0.05) is 40.0 Å². The number of rotatable bonds is 10. The molecule has 2 atom stereocenters. The summed E-state index contributed by atoms with van der Waals surface area (Å²) in [6, 6.07) is 3.81. The highest BCUT2D eigenvalue weighted by atomic mass is 19.1. The van der Waals surface area contributed by atoms with E-state index in [4.69, 9.17) is 0 Å². The van der Waals surface area contributed by atoms with Crippen molar-refractivity contribution < 1.29 is 16.8 Å². The molecule has 3 rings (SSSR count). The molecular formula is C32H56FN5O2. The summed E-state index contributed by atoms with van der Waals surface area (Å²) in [6.45, 7) is 23.9. The number of amides is 2. The number of benzene rings is 1. The second-order valence-electron chi connectivity index (χ2n) is 11.0. The number of imidazole rings is 1. The summed E-state index contributed by atoms with van der Waals surface area (Å²) in [7, 11) is 0. The summed E-state index contributed by atoms with van der Waals surface area (Å²) in [5.74, 6) is -0.275. The number of nitrogens with zero attached hydrogens (tertiary/aromatic N) is 2. The standard InChI is InChI=1S/C28H40FN5O2.2C2H6.2H2/c1-18-9-10-21(22(29)15-18)24-17-30-26(33-24)20(3)31-27(36)23(16-19(2)34-13-7-8-14-34)32-25(35)11-12-28(4,5)6;2*1-2;;/h9-10,15,17,20,23H,2,7-8,11-14,16H2,1,3-6H3,(H,30,33)(H,31,36)(H,32,35);2*1-2H3;2*1H/t20-,23-;;;;/m0..../s1. The van der Waals surface area contributed by atoms with Gasteiger partial charge < -0.3 is 20.5 Å². The van der Waals surface area contributed by atoms with Crippen molar-refractivity contribution in [1.82, 2.24) is 25.5 Å². The minimum absolute atomic E-state index is 0. The van der Waals surface area contributed by atoms with E-state index in [2.05, 4.69) is 52.9 Å². The van der Waals surface area contributed by atoms with Gasteiger partial charge in [0.05, 0.1) is 17.9 Å². The average Bonchev–Trinajstić information content (AvgIpc) is 3.62. The van der Waals surface area contributed by atoms with E-state index in [0.717, 1.165) is 43.6 Å². The highest BCUT2D eigenvalue weighted by molar-refractivity contribution is 5.88. The molecule has 2 aromatic rings. The third-order valence-electron chi connectivity index (χ3n) is 6.53. The van der Waals surface area contributed by atoms with Gasteiger partial charge in [0.2, 0.25) is 11.8 Å². The monoisotopic (exact) mass is 561 g/mol. The molecule has 2 heterocycles. The molecule has 1 aromatic heterocycles. The van der Waals surface area contributed by atoms with Crippen molar-refractivity contribution in [3.8, 4) is 11.3 Å². The highest BCUT2D eigenvalue weighted by Crippen LogP contribution is 2.24. The molecule has 0 saturated carbocycles. The predicted molar refractivity (Wildman–Crippen MR) is 167 cm³/mol. The van der Waals surface area contributed by atoms with Crippen molar-refractivity contribution in [2.45, 2.75) is 107 Å². The zero-order chi connectivity index (χ0) is 30.5. The number of carbonyl (C=O) groups excluding carboxylic acids is 2. The molecule has 7 nitrogen and oxygen atoms in total. The number of nitrogens with one attached hydrogen (secondary N) is 3. The number of hydrogen-bond acceptors (Lipinski definition) is 4. The summed E-state index contributed by atoms with van der Waals surface area (Å²) in [6.07, 6.45) is 5.19. The number of H-pyrrole nitrogens is 1. The zero-order valence-corrected chi connectivity index (χ0v) is 26.2. The number of aromatic nitrogens is 2. The molecule has 228 valence electrons. The molecule has 2 amide bonds. The molecule has 1 aliphatic rings. The summed E-state index contributed by atoms with van der Waals surface area (Å²) in [4.78, 5) is 35.6. The third kappa shape index (κ3) is 11.1. The van der Waals surface area contributed by atoms with Crippen LogP contribution < -0.4 is 10.6 Å². The van der Waals surface area contributed by atoms with Crippen molar-refractivity contribution in [3.63, 3.8) is 0 Å². The summed E-state index contributed by atoms with van der Waals surface area (Å²) < 4.78 is 14.4. The number of carbonyl (C=O) groups is 2. The molecular weight excluding hydrogens is 505 g/mol. The van der Waals surface area contributed by atoms with Crippen LogP contribution in [0.15, 0.2) is 36.7 Å². The van der Waals surface area contributed by atoms with Gasteiger partial charge in [0.1, 0.15) is 17.7 Å². The molecule has 1 aliphatic heterocycles. The van der Waals surface area contributed by atoms with Crippen molar-refractivity contribution >= 4 is 11.8 Å². The molecule has 1 aromatic carbocycles. The Morgan fingerprint density at radius 1 is 1.15 bits per heavy atom. The number of likely N-dealkylation sites (tertiary alicyclic amines) is 1. The van der Waals surface area contributed by atoms with Crippen LogP contribution in [0.2, 0.25) is 0 Å². The molecule has 1 fully saturated rings. The molecule has 40 heavy (non-hydrogen) atoms. The van der Waals surface area contributed by atoms with Crippen LogP contribution in [-0.2, 0) is 9.59 Å². The maximum Gasteiger partial charge on any atom is 0.243 e. The van der Waals surface area contributed by atoms with Crippen LogP contribution in [0.4, 0.5) is 4.39 Å². The molecule has 0 aliphatic carbocycles. The van der Waals surface area contributed by atoms with Crippen molar-refractivity contribution in [3.05, 3.63) is 53.9 Å². The van der Waals surface area contributed by atoms with Gasteiger partial charge in [-0.3, -0.25) is 9.59 Å². The Morgan fingerprint density at radius 2 is 1.77 bits per heavy atom. The van der Waals surface area contributed by atoms with Crippen molar-refractivity contribution in [1.29, 1.82) is 0 Å². The second-order valence-corrected chi connectivity index (χ2v) is 11.0. The highest BCUT2D eigenvalue weighted by Gasteiger charge is 2.27. The minimum Gasteiger partial charge on any atom is -0.375 e. The number of halogens is 1. The van der Waals surface area contributed by atoms with Crippen LogP contribution in [0.25, 0.3) is 11.3 Å². The fourth-order valence-corrected chi connectivity index (χ4v) is 4.28. The lowest BCUT2D eigenvalue weighted by molar-refractivity contribution is -0.129. The van der Waals surface area contributed by atoms with Gasteiger partial charge in [-0.15, -0.1) is 0 Å². The first-order chi connectivity index (χ1) is 18.9. The van der Waals surface area contributed by atoms with E-state index < -0.39 is 12.1 Å². The Labute approximate surface area is 244 Å². The van der Waals surface area contributed by atoms with Gasteiger partial charge in [0.25, 0.3) is 0 Å². The Kier molecular flexibility index (Phi) is 14.7. The van der Waals surface area contributed by atoms with Crippen LogP contribution in [0.1, 0.15) is 108 Å². The lowest BCUT2D eigenvalue weighted by atomic mass is 9.90. The van der Waals surface area contributed by atoms with E-state index in [9.17, 15) is 14.0 Å². The topological polar surface area (TPSA) is 90.1 Å². The number of aromatic amines is 1. The van der Waals surface area contributed by atoms with Crippen LogP contribution >= 0.6 is 0 Å². The lowest BCUT2D eigenvalue weighted by Crippen LogP contribution is -2.48. The summed E-state index contributed by atoms with van der Waals surface area (Å²) >= 11 is 0. The summed E-state index contributed by atoms with van der Waals surface area (Å²) in [5.41, 5.74) is 2.67. The van der Waals surface area contributed by atoms with Crippen molar-refractivity contribution in [2.75, 3.05) is 13.1 Å². The smallest absolute Gasteiger partial charge is 0.243 e. The van der Waals surface area contributed by atoms with Gasteiger partial charge in [-0.2, -0.15) is 0 Å². The first-order valence-corrected chi connectivity index (χ1v) is 14.8. The quantitative estimate of drug-likeness (QED) is 0.279. The Hall–Kier alpha value is -3.16. The van der Waals surface area contributed by atoms with Gasteiger partial charge in [-0.25, -0.2) is 9.37 Å². The zero-order valence-electron chi connectivity index (χ0n) is 26.2. The second kappa shape index (κ2) is 16.8. The maximum atomic E-state index is 14.4. The van der Waals surface area contributed by atoms with Gasteiger partial charge in [-0.05, 0) is 56.2 Å². The van der Waals surface area contributed by atoms with Crippen LogP contribution in [0, 0.1) is 18.2 Å². The molecule has 0 radical (unpaired) electrons. The van der Waals surface area contributed by atoms with Gasteiger partial charge in [0.15, 0.2) is 0 Å². The Bertz CT molecular complexity index is 1090. The fraction of sp³-hybridized carbons (Fsp3) is 0.594. The Morgan fingerprint density at radius 3 is 2.35 bits per heavy atom. The SMILES string of the molecule is C=C(C[C@H](NC(=O)CCC(C)(C)C)C(=O)N[C@@H](C)c1ncc(-c2ccc(C)cc2F)[nH]1)N1CCCC1.CC.CC.[HH].[HH]. The first kappa shape index (κ1) is 34.9. The van der Waals surface area contributed by atoms with Gasteiger partial charge >= 0.3 is 0 Å². The van der Waals surface area contributed by atoms with Gasteiger partial charge in [-0.1, -0.05) is 61.1 Å². The van der Waals surface area contributed by atoms with Crippen LogP contribution in [-0.4, -0.2) is 45.8 Å². The van der Waals surface area contributed by atoms with E-state index in [-0.39, 0.29) is 25.9 Å².